The largest absolute Gasteiger partial charge is 0.481 e. The van der Waals surface area contributed by atoms with Gasteiger partial charge in [-0.25, -0.2) is 4.79 Å². The van der Waals surface area contributed by atoms with E-state index in [4.69, 9.17) is 14.3 Å². The average molecular weight is 375 g/mol. The van der Waals surface area contributed by atoms with Gasteiger partial charge in [-0.15, -0.1) is 0 Å². The molecule has 2 aromatic rings. The Balaban J connectivity index is 1.89. The van der Waals surface area contributed by atoms with Crippen LogP contribution in [0.1, 0.15) is 45.1 Å². The van der Waals surface area contributed by atoms with E-state index in [0.717, 1.165) is 17.4 Å². The maximum absolute atomic E-state index is 12.1. The molecule has 0 spiro atoms. The molecule has 27 heavy (non-hydrogen) atoms. The molecule has 1 heterocycles. The molecule has 0 radical (unpaired) electrons. The monoisotopic (exact) mass is 375 g/mol. The van der Waals surface area contributed by atoms with Gasteiger partial charge >= 0.3 is 11.6 Å². The summed E-state index contributed by atoms with van der Waals surface area (Å²) in [5.74, 6) is -0.613. The standard InChI is InChI=1S/C20H25NO6/c1-3-14-11-19(24)27-17-12-15(8-9-16(14)17)26-13(2)20(25)21-10-6-4-5-7-18(22)23/h8-9,11-13H,3-7,10H2,1-2H3,(H,21,25)(H,22,23)/t13-/m1/s1. The number of ether oxygens (including phenoxy) is 1. The average Bonchev–Trinajstić information content (AvgIpc) is 2.62. The van der Waals surface area contributed by atoms with Crippen LogP contribution in [-0.2, 0) is 16.0 Å². The van der Waals surface area contributed by atoms with E-state index in [1.54, 1.807) is 19.1 Å². The quantitative estimate of drug-likeness (QED) is 0.489. The van der Waals surface area contributed by atoms with Gasteiger partial charge in [0, 0.05) is 30.5 Å². The van der Waals surface area contributed by atoms with Crippen molar-refractivity contribution in [2.75, 3.05) is 6.54 Å². The van der Waals surface area contributed by atoms with Crippen LogP contribution in [0.4, 0.5) is 0 Å². The third-order valence-corrected chi connectivity index (χ3v) is 4.23. The molecule has 1 aromatic heterocycles. The molecule has 7 heteroatoms. The summed E-state index contributed by atoms with van der Waals surface area (Å²) in [7, 11) is 0. The highest BCUT2D eigenvalue weighted by molar-refractivity contribution is 5.82. The zero-order chi connectivity index (χ0) is 19.8. The number of aryl methyl sites for hydroxylation is 1. The second-order valence-corrected chi connectivity index (χ2v) is 6.36. The summed E-state index contributed by atoms with van der Waals surface area (Å²) in [6, 6.07) is 6.66. The first-order chi connectivity index (χ1) is 12.9. The van der Waals surface area contributed by atoms with Crippen molar-refractivity contribution in [3.63, 3.8) is 0 Å². The normalized spacial score (nSPS) is 11.9. The Morgan fingerprint density at radius 3 is 2.70 bits per heavy atom. The zero-order valence-electron chi connectivity index (χ0n) is 15.6. The topological polar surface area (TPSA) is 106 Å². The second kappa shape index (κ2) is 9.75. The summed E-state index contributed by atoms with van der Waals surface area (Å²) in [4.78, 5) is 34.2. The molecule has 1 aromatic carbocycles. The van der Waals surface area contributed by atoms with E-state index < -0.39 is 17.7 Å². The number of amides is 1. The van der Waals surface area contributed by atoms with Crippen LogP contribution in [0.25, 0.3) is 11.0 Å². The van der Waals surface area contributed by atoms with Gasteiger partial charge in [0.05, 0.1) is 0 Å². The summed E-state index contributed by atoms with van der Waals surface area (Å²) in [6.07, 6.45) is 2.21. The van der Waals surface area contributed by atoms with Gasteiger partial charge in [0.1, 0.15) is 11.3 Å². The first-order valence-electron chi connectivity index (χ1n) is 9.13. The van der Waals surface area contributed by atoms with Crippen LogP contribution in [-0.4, -0.2) is 29.6 Å². The van der Waals surface area contributed by atoms with Crippen LogP contribution >= 0.6 is 0 Å². The summed E-state index contributed by atoms with van der Waals surface area (Å²) >= 11 is 0. The molecular weight excluding hydrogens is 350 g/mol. The van der Waals surface area contributed by atoms with Crippen LogP contribution in [0.2, 0.25) is 0 Å². The third-order valence-electron chi connectivity index (χ3n) is 4.23. The van der Waals surface area contributed by atoms with E-state index in [0.29, 0.717) is 37.1 Å². The molecule has 146 valence electrons. The number of carbonyl (C=O) groups is 2. The van der Waals surface area contributed by atoms with Gasteiger partial charge in [-0.3, -0.25) is 9.59 Å². The Bertz CT molecular complexity index is 857. The smallest absolute Gasteiger partial charge is 0.336 e. The number of fused-ring (bicyclic) bond motifs is 1. The first kappa shape index (κ1) is 20.5. The Morgan fingerprint density at radius 1 is 1.22 bits per heavy atom. The highest BCUT2D eigenvalue weighted by atomic mass is 16.5. The minimum absolute atomic E-state index is 0.144. The molecule has 2 rings (SSSR count). The van der Waals surface area contributed by atoms with Gasteiger partial charge < -0.3 is 19.6 Å². The lowest BCUT2D eigenvalue weighted by molar-refractivity contribution is -0.137. The van der Waals surface area contributed by atoms with Crippen LogP contribution in [0.3, 0.4) is 0 Å². The number of rotatable bonds is 10. The van der Waals surface area contributed by atoms with Crippen LogP contribution < -0.4 is 15.7 Å². The SMILES string of the molecule is CCc1cc(=O)oc2cc(O[C@H](C)C(=O)NCCCCCC(=O)O)ccc12. The predicted molar refractivity (Wildman–Crippen MR) is 101 cm³/mol. The van der Waals surface area contributed by atoms with Crippen LogP contribution in [0.5, 0.6) is 5.75 Å². The lowest BCUT2D eigenvalue weighted by atomic mass is 10.1. The molecule has 0 aliphatic carbocycles. The van der Waals surface area contributed by atoms with Gasteiger partial charge in [-0.2, -0.15) is 0 Å². The highest BCUT2D eigenvalue weighted by Crippen LogP contribution is 2.23. The van der Waals surface area contributed by atoms with Crippen LogP contribution in [0, 0.1) is 0 Å². The van der Waals surface area contributed by atoms with Gasteiger partial charge in [0.2, 0.25) is 0 Å². The summed E-state index contributed by atoms with van der Waals surface area (Å²) in [6.45, 7) is 4.08. The Morgan fingerprint density at radius 2 is 2.00 bits per heavy atom. The second-order valence-electron chi connectivity index (χ2n) is 6.36. The molecular formula is C20H25NO6. The Hall–Kier alpha value is -2.83. The third kappa shape index (κ3) is 6.13. The lowest BCUT2D eigenvalue weighted by Gasteiger charge is -2.15. The number of carbonyl (C=O) groups excluding carboxylic acids is 1. The number of hydrogen-bond acceptors (Lipinski definition) is 5. The molecule has 7 nitrogen and oxygen atoms in total. The summed E-state index contributed by atoms with van der Waals surface area (Å²) in [5, 5.41) is 12.2. The van der Waals surface area contributed by atoms with E-state index in [-0.39, 0.29) is 12.3 Å². The van der Waals surface area contributed by atoms with Crippen molar-refractivity contribution in [1.29, 1.82) is 0 Å². The van der Waals surface area contributed by atoms with Gasteiger partial charge in [0.15, 0.2) is 6.10 Å². The van der Waals surface area contributed by atoms with Crippen molar-refractivity contribution in [2.24, 2.45) is 0 Å². The summed E-state index contributed by atoms with van der Waals surface area (Å²) < 4.78 is 10.9. The van der Waals surface area contributed by atoms with Crippen molar-refractivity contribution in [2.45, 2.75) is 52.1 Å². The molecule has 0 saturated carbocycles. The van der Waals surface area contributed by atoms with E-state index in [2.05, 4.69) is 5.32 Å². The Kier molecular flexibility index (Phi) is 7.40. The maximum Gasteiger partial charge on any atom is 0.336 e. The number of unbranched alkanes of at least 4 members (excludes halogenated alkanes) is 2. The number of aliphatic carboxylic acids is 1. The number of nitrogens with one attached hydrogen (secondary N) is 1. The number of benzene rings is 1. The van der Waals surface area contributed by atoms with E-state index in [1.165, 1.54) is 6.07 Å². The van der Waals surface area contributed by atoms with Crippen molar-refractivity contribution >= 4 is 22.8 Å². The highest BCUT2D eigenvalue weighted by Gasteiger charge is 2.15. The molecule has 0 unspecified atom stereocenters. The maximum atomic E-state index is 12.1. The fourth-order valence-corrected chi connectivity index (χ4v) is 2.77. The minimum atomic E-state index is -0.807. The Labute approximate surface area is 157 Å². The number of carboxylic acid groups (broad SMARTS) is 1. The molecule has 0 saturated heterocycles. The first-order valence-corrected chi connectivity index (χ1v) is 9.13. The molecule has 0 bridgehead atoms. The van der Waals surface area contributed by atoms with Crippen molar-refractivity contribution in [1.82, 2.24) is 5.32 Å². The van der Waals surface area contributed by atoms with Gasteiger partial charge in [0.25, 0.3) is 5.91 Å². The van der Waals surface area contributed by atoms with Crippen molar-refractivity contribution in [3.05, 3.63) is 40.2 Å². The van der Waals surface area contributed by atoms with Crippen molar-refractivity contribution < 1.29 is 23.8 Å². The van der Waals surface area contributed by atoms with Gasteiger partial charge in [-0.1, -0.05) is 13.3 Å². The van der Waals surface area contributed by atoms with Crippen molar-refractivity contribution in [3.8, 4) is 5.75 Å². The fourth-order valence-electron chi connectivity index (χ4n) is 2.77. The van der Waals surface area contributed by atoms with Gasteiger partial charge in [-0.05, 0) is 43.9 Å². The van der Waals surface area contributed by atoms with E-state index in [1.807, 2.05) is 13.0 Å². The summed E-state index contributed by atoms with van der Waals surface area (Å²) in [5.41, 5.74) is 0.926. The minimum Gasteiger partial charge on any atom is -0.481 e. The zero-order valence-corrected chi connectivity index (χ0v) is 15.6. The molecule has 1 amide bonds. The molecule has 2 N–H and O–H groups in total. The molecule has 0 aliphatic heterocycles. The predicted octanol–water partition coefficient (Wildman–Crippen LogP) is 2.88. The molecule has 1 atom stereocenters. The number of carboxylic acids is 1. The van der Waals surface area contributed by atoms with E-state index in [9.17, 15) is 14.4 Å². The fraction of sp³-hybridized carbons (Fsp3) is 0.450. The molecule has 0 aliphatic rings. The molecule has 0 fully saturated rings. The van der Waals surface area contributed by atoms with Crippen LogP contribution in [0.15, 0.2) is 33.5 Å². The lowest BCUT2D eigenvalue weighted by Crippen LogP contribution is -2.36. The van der Waals surface area contributed by atoms with E-state index >= 15 is 0 Å². The number of hydrogen-bond donors (Lipinski definition) is 2.